The van der Waals surface area contributed by atoms with Gasteiger partial charge >= 0.3 is 0 Å². The molecule has 0 radical (unpaired) electrons. The van der Waals surface area contributed by atoms with Gasteiger partial charge in [0.1, 0.15) is 17.9 Å². The molecule has 92 valence electrons. The van der Waals surface area contributed by atoms with Crippen LogP contribution in [0, 0.1) is 0 Å². The molecule has 3 N–H and O–H groups in total. The predicted molar refractivity (Wildman–Crippen MR) is 63.6 cm³/mol. The van der Waals surface area contributed by atoms with Crippen molar-refractivity contribution in [2.75, 3.05) is 13.2 Å². The molecule has 0 aliphatic carbocycles. The smallest absolute Gasteiger partial charge is 0.265 e. The molecule has 8 heteroatoms. The Morgan fingerprint density at radius 3 is 2.88 bits per heavy atom. The molecule has 0 aliphatic rings. The van der Waals surface area contributed by atoms with Crippen molar-refractivity contribution in [3.05, 3.63) is 18.2 Å². The first-order chi connectivity index (χ1) is 8.02. The van der Waals surface area contributed by atoms with Crippen LogP contribution < -0.4 is 9.88 Å². The zero-order valence-electron chi connectivity index (χ0n) is 8.66. The Hall–Kier alpha value is -1.22. The molecule has 1 aromatic carbocycles. The molecule has 17 heavy (non-hydrogen) atoms. The fraction of sp³-hybridized carbons (Fsp3) is 0.222. The quantitative estimate of drug-likeness (QED) is 0.835. The van der Waals surface area contributed by atoms with Crippen LogP contribution in [-0.4, -0.2) is 31.7 Å². The monoisotopic (exact) mass is 274 g/mol. The molecule has 0 atom stereocenters. The van der Waals surface area contributed by atoms with Crippen LogP contribution in [0.5, 0.6) is 5.75 Å². The molecular weight excluding hydrogens is 264 g/mol. The first-order valence-corrected chi connectivity index (χ1v) is 7.04. The predicted octanol–water partition coefficient (Wildman–Crippen LogP) is 0.315. The minimum Gasteiger partial charge on any atom is -0.489 e. The Balaban J connectivity index is 2.53. The number of fused-ring (bicyclic) bond motifs is 1. The largest absolute Gasteiger partial charge is 0.489 e. The molecule has 6 nitrogen and oxygen atoms in total. The van der Waals surface area contributed by atoms with Gasteiger partial charge < -0.3 is 9.84 Å². The van der Waals surface area contributed by atoms with E-state index in [0.717, 1.165) is 11.3 Å². The second-order valence-corrected chi connectivity index (χ2v) is 5.97. The molecule has 0 bridgehead atoms. The van der Waals surface area contributed by atoms with E-state index in [-0.39, 0.29) is 17.6 Å². The fourth-order valence-corrected chi connectivity index (χ4v) is 2.96. The molecule has 0 spiro atoms. The maximum absolute atomic E-state index is 11.2. The zero-order valence-corrected chi connectivity index (χ0v) is 10.3. The van der Waals surface area contributed by atoms with Gasteiger partial charge in [-0.15, -0.1) is 11.3 Å². The number of hydrogen-bond acceptors (Lipinski definition) is 6. The lowest BCUT2D eigenvalue weighted by Gasteiger charge is -2.03. The Labute approximate surface area is 102 Å². The van der Waals surface area contributed by atoms with Gasteiger partial charge in [-0.2, -0.15) is 0 Å². The van der Waals surface area contributed by atoms with Crippen LogP contribution in [0.4, 0.5) is 0 Å². The lowest BCUT2D eigenvalue weighted by atomic mass is 10.3. The van der Waals surface area contributed by atoms with Crippen molar-refractivity contribution in [2.45, 2.75) is 4.34 Å². The third-order valence-corrected chi connectivity index (χ3v) is 4.29. The van der Waals surface area contributed by atoms with Crippen molar-refractivity contribution in [3.63, 3.8) is 0 Å². The summed E-state index contributed by atoms with van der Waals surface area (Å²) >= 11 is 0.985. The average molecular weight is 274 g/mol. The van der Waals surface area contributed by atoms with Gasteiger partial charge in [0.05, 0.1) is 11.3 Å². The van der Waals surface area contributed by atoms with Crippen LogP contribution in [0.3, 0.4) is 0 Å². The van der Waals surface area contributed by atoms with Crippen LogP contribution >= 0.6 is 11.3 Å². The Bertz CT molecular complexity index is 635. The van der Waals surface area contributed by atoms with Crippen molar-refractivity contribution in [1.82, 2.24) is 4.98 Å². The average Bonchev–Trinajstić information content (AvgIpc) is 2.70. The summed E-state index contributed by atoms with van der Waals surface area (Å²) in [6.45, 7) is 0.00389. The van der Waals surface area contributed by atoms with Crippen molar-refractivity contribution in [1.29, 1.82) is 0 Å². The minimum atomic E-state index is -3.80. The summed E-state index contributed by atoms with van der Waals surface area (Å²) in [7, 11) is -3.80. The van der Waals surface area contributed by atoms with Crippen LogP contribution in [0.15, 0.2) is 22.5 Å². The highest BCUT2D eigenvalue weighted by molar-refractivity contribution is 7.91. The number of nitrogens with two attached hydrogens (primary N) is 1. The van der Waals surface area contributed by atoms with Gasteiger partial charge in [-0.1, -0.05) is 6.07 Å². The van der Waals surface area contributed by atoms with Crippen molar-refractivity contribution < 1.29 is 18.3 Å². The topological polar surface area (TPSA) is 103 Å². The number of hydrogen-bond donors (Lipinski definition) is 2. The highest BCUT2D eigenvalue weighted by Crippen LogP contribution is 2.31. The maximum Gasteiger partial charge on any atom is 0.265 e. The Kier molecular flexibility index (Phi) is 3.29. The van der Waals surface area contributed by atoms with Crippen molar-refractivity contribution >= 4 is 31.6 Å². The van der Waals surface area contributed by atoms with E-state index in [0.29, 0.717) is 16.0 Å². The SMILES string of the molecule is NS(=O)(=O)c1nc2c(OCCO)cccc2s1. The number of para-hydroxylation sites is 1. The molecule has 1 aromatic heterocycles. The van der Waals surface area contributed by atoms with E-state index >= 15 is 0 Å². The molecule has 0 amide bonds. The van der Waals surface area contributed by atoms with Gasteiger partial charge in [0.25, 0.3) is 10.0 Å². The summed E-state index contributed by atoms with van der Waals surface area (Å²) in [6.07, 6.45) is 0. The zero-order chi connectivity index (χ0) is 12.5. The van der Waals surface area contributed by atoms with Crippen molar-refractivity contribution in [2.24, 2.45) is 5.14 Å². The molecule has 0 unspecified atom stereocenters. The van der Waals surface area contributed by atoms with Crippen LogP contribution in [0.2, 0.25) is 0 Å². The van der Waals surface area contributed by atoms with Gasteiger partial charge in [0.2, 0.25) is 4.34 Å². The van der Waals surface area contributed by atoms with Crippen LogP contribution in [-0.2, 0) is 10.0 Å². The van der Waals surface area contributed by atoms with Gasteiger partial charge in [0, 0.05) is 0 Å². The maximum atomic E-state index is 11.2. The number of aromatic nitrogens is 1. The second-order valence-electron chi connectivity index (χ2n) is 3.20. The number of primary sulfonamides is 1. The number of nitrogens with zero attached hydrogens (tertiary/aromatic N) is 1. The molecule has 2 aromatic rings. The minimum absolute atomic E-state index is 0.122. The van der Waals surface area contributed by atoms with Gasteiger partial charge in [-0.25, -0.2) is 18.5 Å². The normalized spacial score (nSPS) is 11.9. The summed E-state index contributed by atoms with van der Waals surface area (Å²) in [4.78, 5) is 3.94. The number of aliphatic hydroxyl groups excluding tert-OH is 1. The highest BCUT2D eigenvalue weighted by Gasteiger charge is 2.16. The van der Waals surface area contributed by atoms with Crippen LogP contribution in [0.1, 0.15) is 0 Å². The van der Waals surface area contributed by atoms with Gasteiger partial charge in [-0.05, 0) is 12.1 Å². The first kappa shape index (κ1) is 12.2. The molecule has 1 heterocycles. The molecule has 0 aliphatic heterocycles. The number of benzene rings is 1. The van der Waals surface area contributed by atoms with Crippen molar-refractivity contribution in [3.8, 4) is 5.75 Å². The Morgan fingerprint density at radius 1 is 1.47 bits per heavy atom. The first-order valence-electron chi connectivity index (χ1n) is 4.68. The standard InChI is InChI=1S/C9H10N2O4S2/c10-17(13,14)9-11-8-6(15-5-4-12)2-1-3-7(8)16-9/h1-3,12H,4-5H2,(H2,10,13,14). The number of rotatable bonds is 4. The second kappa shape index (κ2) is 4.57. The van der Waals surface area contributed by atoms with E-state index < -0.39 is 10.0 Å². The van der Waals surface area contributed by atoms with E-state index in [2.05, 4.69) is 4.98 Å². The van der Waals surface area contributed by atoms with Gasteiger partial charge in [0.15, 0.2) is 0 Å². The lowest BCUT2D eigenvalue weighted by molar-refractivity contribution is 0.202. The molecule has 0 saturated carbocycles. The summed E-state index contributed by atoms with van der Waals surface area (Å²) in [5, 5.41) is 13.7. The van der Waals surface area contributed by atoms with E-state index in [4.69, 9.17) is 15.0 Å². The summed E-state index contributed by atoms with van der Waals surface area (Å²) in [6, 6.07) is 5.11. The number of ether oxygens (including phenoxy) is 1. The lowest BCUT2D eigenvalue weighted by Crippen LogP contribution is -2.11. The Morgan fingerprint density at radius 2 is 2.24 bits per heavy atom. The number of aliphatic hydroxyl groups is 1. The fourth-order valence-electron chi connectivity index (χ4n) is 1.30. The van der Waals surface area contributed by atoms with E-state index in [1.54, 1.807) is 18.2 Å². The summed E-state index contributed by atoms with van der Waals surface area (Å²) in [5.41, 5.74) is 0.440. The molecule has 0 fully saturated rings. The van der Waals surface area contributed by atoms with Crippen LogP contribution in [0.25, 0.3) is 10.2 Å². The van der Waals surface area contributed by atoms with E-state index in [1.165, 1.54) is 0 Å². The van der Waals surface area contributed by atoms with E-state index in [9.17, 15) is 8.42 Å². The van der Waals surface area contributed by atoms with Gasteiger partial charge in [-0.3, -0.25) is 0 Å². The molecule has 2 rings (SSSR count). The molecule has 0 saturated heterocycles. The third kappa shape index (κ3) is 2.55. The number of thiazole rings is 1. The highest BCUT2D eigenvalue weighted by atomic mass is 32.2. The summed E-state index contributed by atoms with van der Waals surface area (Å²) in [5.74, 6) is 0.433. The van der Waals surface area contributed by atoms with E-state index in [1.807, 2.05) is 0 Å². The number of sulfonamides is 1. The molecular formula is C9H10N2O4S2. The summed E-state index contributed by atoms with van der Waals surface area (Å²) < 4.78 is 28.1. The third-order valence-electron chi connectivity index (χ3n) is 1.95.